The van der Waals surface area contributed by atoms with Crippen LogP contribution >= 0.6 is 35.0 Å². The average Bonchev–Trinajstić information content (AvgIpc) is 2.69. The standard InChI is InChI=1S/C21H23Cl2N3O2S/c1-3-12-29-18-11-6-5-10-17(18)24-19(27)13-26(4-2)14-20(28)25-21-15(22)8-7-9-16(21)23/h3,5-11H,1,4,12-14H2,2H3,(H,24,27)(H,25,28). The maximum Gasteiger partial charge on any atom is 0.238 e. The van der Waals surface area contributed by atoms with Gasteiger partial charge in [-0.3, -0.25) is 14.5 Å². The number of nitrogens with zero attached hydrogens (tertiary/aromatic N) is 1. The molecular weight excluding hydrogens is 429 g/mol. The van der Waals surface area contributed by atoms with Crippen molar-refractivity contribution >= 4 is 58.2 Å². The summed E-state index contributed by atoms with van der Waals surface area (Å²) in [6.45, 7) is 6.26. The fourth-order valence-electron chi connectivity index (χ4n) is 2.52. The number of rotatable bonds is 10. The summed E-state index contributed by atoms with van der Waals surface area (Å²) in [6, 6.07) is 12.6. The largest absolute Gasteiger partial charge is 0.324 e. The molecule has 2 N–H and O–H groups in total. The Bertz CT molecular complexity index is 857. The molecule has 0 saturated carbocycles. The van der Waals surface area contributed by atoms with E-state index in [-0.39, 0.29) is 24.9 Å². The van der Waals surface area contributed by atoms with Gasteiger partial charge in [-0.25, -0.2) is 0 Å². The van der Waals surface area contributed by atoms with Crippen LogP contribution in [0.3, 0.4) is 0 Å². The molecule has 5 nitrogen and oxygen atoms in total. The highest BCUT2D eigenvalue weighted by atomic mass is 35.5. The molecule has 0 heterocycles. The molecule has 0 spiro atoms. The predicted molar refractivity (Wildman–Crippen MR) is 123 cm³/mol. The van der Waals surface area contributed by atoms with Crippen LogP contribution < -0.4 is 10.6 Å². The third kappa shape index (κ3) is 7.40. The molecule has 8 heteroatoms. The Morgan fingerprint density at radius 1 is 1.03 bits per heavy atom. The van der Waals surface area contributed by atoms with Gasteiger partial charge in [0, 0.05) is 10.6 Å². The van der Waals surface area contributed by atoms with Gasteiger partial charge in [0.2, 0.25) is 11.8 Å². The highest BCUT2D eigenvalue weighted by Crippen LogP contribution is 2.30. The van der Waals surface area contributed by atoms with E-state index in [0.29, 0.717) is 22.3 Å². The van der Waals surface area contributed by atoms with Crippen molar-refractivity contribution in [3.05, 3.63) is 65.2 Å². The molecule has 0 aliphatic heterocycles. The van der Waals surface area contributed by atoms with E-state index in [1.807, 2.05) is 37.3 Å². The van der Waals surface area contributed by atoms with Crippen LogP contribution in [-0.2, 0) is 9.59 Å². The summed E-state index contributed by atoms with van der Waals surface area (Å²) in [5.74, 6) is 0.261. The van der Waals surface area contributed by atoms with Crippen LogP contribution in [-0.4, -0.2) is 42.1 Å². The quantitative estimate of drug-likeness (QED) is 0.386. The summed E-state index contributed by atoms with van der Waals surface area (Å²) >= 11 is 13.8. The molecule has 0 saturated heterocycles. The summed E-state index contributed by atoms with van der Waals surface area (Å²) in [4.78, 5) is 27.6. The van der Waals surface area contributed by atoms with E-state index in [1.54, 1.807) is 34.9 Å². The summed E-state index contributed by atoms with van der Waals surface area (Å²) in [5, 5.41) is 6.35. The van der Waals surface area contributed by atoms with Crippen LogP contribution in [0.5, 0.6) is 0 Å². The molecule has 2 aromatic carbocycles. The minimum Gasteiger partial charge on any atom is -0.324 e. The number of carbonyl (C=O) groups excluding carboxylic acids is 2. The van der Waals surface area contributed by atoms with Gasteiger partial charge in [0.15, 0.2) is 0 Å². The first-order chi connectivity index (χ1) is 13.9. The van der Waals surface area contributed by atoms with Crippen LogP contribution in [0.1, 0.15) is 6.92 Å². The van der Waals surface area contributed by atoms with Gasteiger partial charge < -0.3 is 10.6 Å². The lowest BCUT2D eigenvalue weighted by atomic mass is 10.3. The molecule has 0 fully saturated rings. The van der Waals surface area contributed by atoms with Gasteiger partial charge in [0.1, 0.15) is 0 Å². The molecule has 2 aromatic rings. The first-order valence-electron chi connectivity index (χ1n) is 9.03. The first-order valence-corrected chi connectivity index (χ1v) is 10.8. The number of carbonyl (C=O) groups is 2. The van der Waals surface area contributed by atoms with Crippen molar-refractivity contribution in [1.82, 2.24) is 4.90 Å². The predicted octanol–water partition coefficient (Wildman–Crippen LogP) is 5.17. The second kappa shape index (κ2) is 11.9. The van der Waals surface area contributed by atoms with E-state index < -0.39 is 0 Å². The van der Waals surface area contributed by atoms with E-state index in [4.69, 9.17) is 23.2 Å². The van der Waals surface area contributed by atoms with Gasteiger partial charge in [0.05, 0.1) is 34.5 Å². The van der Waals surface area contributed by atoms with Crippen molar-refractivity contribution in [1.29, 1.82) is 0 Å². The number of amides is 2. The molecule has 0 aromatic heterocycles. The summed E-state index contributed by atoms with van der Waals surface area (Å²) < 4.78 is 0. The average molecular weight is 452 g/mol. The minimum atomic E-state index is -0.295. The molecule has 0 bridgehead atoms. The van der Waals surface area contributed by atoms with Crippen molar-refractivity contribution in [2.75, 3.05) is 36.0 Å². The summed E-state index contributed by atoms with van der Waals surface area (Å²) in [5.41, 5.74) is 1.11. The lowest BCUT2D eigenvalue weighted by Crippen LogP contribution is -2.38. The van der Waals surface area contributed by atoms with Crippen molar-refractivity contribution in [2.45, 2.75) is 11.8 Å². The first kappa shape index (κ1) is 23.3. The van der Waals surface area contributed by atoms with Crippen molar-refractivity contribution in [3.8, 4) is 0 Å². The highest BCUT2D eigenvalue weighted by Gasteiger charge is 2.16. The van der Waals surface area contributed by atoms with Gasteiger partial charge in [-0.05, 0) is 30.8 Å². The van der Waals surface area contributed by atoms with Crippen molar-refractivity contribution in [3.63, 3.8) is 0 Å². The molecule has 0 aliphatic rings. The van der Waals surface area contributed by atoms with E-state index in [2.05, 4.69) is 17.2 Å². The molecule has 2 amide bonds. The Morgan fingerprint density at radius 2 is 1.66 bits per heavy atom. The SMILES string of the molecule is C=CCSc1ccccc1NC(=O)CN(CC)CC(=O)Nc1c(Cl)cccc1Cl. The zero-order valence-electron chi connectivity index (χ0n) is 16.1. The van der Waals surface area contributed by atoms with Crippen molar-refractivity contribution < 1.29 is 9.59 Å². The minimum absolute atomic E-state index is 0.0400. The zero-order chi connectivity index (χ0) is 21.2. The van der Waals surface area contributed by atoms with Gasteiger partial charge >= 0.3 is 0 Å². The Kier molecular flexibility index (Phi) is 9.54. The fraction of sp³-hybridized carbons (Fsp3) is 0.238. The smallest absolute Gasteiger partial charge is 0.238 e. The molecule has 0 aliphatic carbocycles. The molecule has 29 heavy (non-hydrogen) atoms. The molecular formula is C21H23Cl2N3O2S. The Morgan fingerprint density at radius 3 is 2.28 bits per heavy atom. The van der Waals surface area contributed by atoms with E-state index >= 15 is 0 Å². The van der Waals surface area contributed by atoms with Gasteiger partial charge in [-0.2, -0.15) is 0 Å². The van der Waals surface area contributed by atoms with E-state index in [9.17, 15) is 9.59 Å². The van der Waals surface area contributed by atoms with E-state index in [0.717, 1.165) is 16.3 Å². The second-order valence-corrected chi connectivity index (χ2v) is 7.97. The number of hydrogen-bond acceptors (Lipinski definition) is 4. The third-order valence-corrected chi connectivity index (χ3v) is 5.63. The van der Waals surface area contributed by atoms with Crippen LogP contribution in [0.4, 0.5) is 11.4 Å². The second-order valence-electron chi connectivity index (χ2n) is 6.09. The monoisotopic (exact) mass is 451 g/mol. The van der Waals surface area contributed by atoms with E-state index in [1.165, 1.54) is 0 Å². The number of anilines is 2. The number of benzene rings is 2. The Hall–Kier alpha value is -1.99. The lowest BCUT2D eigenvalue weighted by molar-refractivity contribution is -0.119. The van der Waals surface area contributed by atoms with Crippen molar-refractivity contribution in [2.24, 2.45) is 0 Å². The maximum absolute atomic E-state index is 12.5. The lowest BCUT2D eigenvalue weighted by Gasteiger charge is -2.20. The number of hydrogen-bond donors (Lipinski definition) is 2. The summed E-state index contributed by atoms with van der Waals surface area (Å²) in [6.07, 6.45) is 1.81. The topological polar surface area (TPSA) is 61.4 Å². The van der Waals surface area contributed by atoms with Gasteiger partial charge in [-0.15, -0.1) is 18.3 Å². The number of para-hydroxylation sites is 2. The van der Waals surface area contributed by atoms with Crippen LogP contribution in [0.15, 0.2) is 60.0 Å². The highest BCUT2D eigenvalue weighted by molar-refractivity contribution is 7.99. The number of thioether (sulfide) groups is 1. The third-order valence-electron chi connectivity index (χ3n) is 3.93. The molecule has 0 unspecified atom stereocenters. The normalized spacial score (nSPS) is 10.6. The molecule has 2 rings (SSSR count). The molecule has 0 radical (unpaired) electrons. The Balaban J connectivity index is 1.95. The fourth-order valence-corrected chi connectivity index (χ4v) is 3.75. The Labute approximate surface area is 185 Å². The van der Waals surface area contributed by atoms with Crippen LogP contribution in [0.2, 0.25) is 10.0 Å². The molecule has 0 atom stereocenters. The number of likely N-dealkylation sites (N-methyl/N-ethyl adjacent to an activating group) is 1. The number of halogens is 2. The molecule has 154 valence electrons. The zero-order valence-corrected chi connectivity index (χ0v) is 18.4. The summed E-state index contributed by atoms with van der Waals surface area (Å²) in [7, 11) is 0. The maximum atomic E-state index is 12.5. The van der Waals surface area contributed by atoms with Crippen LogP contribution in [0, 0.1) is 0 Å². The number of nitrogens with one attached hydrogen (secondary N) is 2. The van der Waals surface area contributed by atoms with Gasteiger partial charge in [0.25, 0.3) is 0 Å². The van der Waals surface area contributed by atoms with Crippen LogP contribution in [0.25, 0.3) is 0 Å². The van der Waals surface area contributed by atoms with Gasteiger partial charge in [-0.1, -0.05) is 54.4 Å².